The van der Waals surface area contributed by atoms with Crippen molar-refractivity contribution in [2.24, 2.45) is 5.73 Å². The largest absolute Gasteiger partial charge is 0.365 e. The molecule has 0 aliphatic carbocycles. The molecule has 0 saturated carbocycles. The van der Waals surface area contributed by atoms with Gasteiger partial charge in [0, 0.05) is 18.4 Å². The van der Waals surface area contributed by atoms with Crippen molar-refractivity contribution >= 4 is 5.91 Å². The van der Waals surface area contributed by atoms with Crippen LogP contribution in [0.1, 0.15) is 42.7 Å². The molecule has 0 saturated heterocycles. The average molecular weight is 223 g/mol. The average Bonchev–Trinajstić information content (AvgIpc) is 2.72. The molecule has 0 aromatic carbocycles. The molecule has 0 fully saturated rings. The standard InChI is InChI=1S/C12H21N3O/c1-4-12(5-2,8-13)15-11(16)10-6-7-14-9(10)3/h6-7,14H,4-5,8,13H2,1-3H3,(H,15,16). The van der Waals surface area contributed by atoms with Crippen molar-refractivity contribution in [2.75, 3.05) is 6.54 Å². The third kappa shape index (κ3) is 2.44. The smallest absolute Gasteiger partial charge is 0.253 e. The summed E-state index contributed by atoms with van der Waals surface area (Å²) < 4.78 is 0. The van der Waals surface area contributed by atoms with E-state index >= 15 is 0 Å². The van der Waals surface area contributed by atoms with Crippen molar-refractivity contribution in [3.8, 4) is 0 Å². The van der Waals surface area contributed by atoms with Crippen LogP contribution in [0, 0.1) is 6.92 Å². The Labute approximate surface area is 96.6 Å². The first kappa shape index (κ1) is 12.8. The number of hydrogen-bond acceptors (Lipinski definition) is 2. The second-order valence-corrected chi connectivity index (χ2v) is 4.16. The molecule has 1 heterocycles. The molecule has 0 bridgehead atoms. The van der Waals surface area contributed by atoms with Crippen molar-refractivity contribution < 1.29 is 4.79 Å². The minimum absolute atomic E-state index is 0.0482. The number of hydrogen-bond donors (Lipinski definition) is 3. The molecule has 16 heavy (non-hydrogen) atoms. The van der Waals surface area contributed by atoms with Gasteiger partial charge in [0.25, 0.3) is 5.91 Å². The summed E-state index contributed by atoms with van der Waals surface area (Å²) in [7, 11) is 0. The maximum absolute atomic E-state index is 12.0. The zero-order valence-corrected chi connectivity index (χ0v) is 10.3. The molecular weight excluding hydrogens is 202 g/mol. The van der Waals surface area contributed by atoms with Crippen molar-refractivity contribution in [3.05, 3.63) is 23.5 Å². The molecule has 0 spiro atoms. The highest BCUT2D eigenvalue weighted by Gasteiger charge is 2.27. The first-order valence-corrected chi connectivity index (χ1v) is 5.75. The van der Waals surface area contributed by atoms with E-state index in [9.17, 15) is 4.79 Å². The maximum atomic E-state index is 12.0. The summed E-state index contributed by atoms with van der Waals surface area (Å²) in [5, 5.41) is 3.04. The van der Waals surface area contributed by atoms with E-state index in [0.29, 0.717) is 12.1 Å². The maximum Gasteiger partial charge on any atom is 0.253 e. The number of nitrogens with one attached hydrogen (secondary N) is 2. The van der Waals surface area contributed by atoms with Crippen LogP contribution in [-0.4, -0.2) is 23.0 Å². The lowest BCUT2D eigenvalue weighted by atomic mass is 9.92. The number of amides is 1. The molecule has 0 unspecified atom stereocenters. The van der Waals surface area contributed by atoms with E-state index in [-0.39, 0.29) is 11.4 Å². The normalized spacial score (nSPS) is 11.5. The second-order valence-electron chi connectivity index (χ2n) is 4.16. The molecule has 0 radical (unpaired) electrons. The van der Waals surface area contributed by atoms with Crippen LogP contribution in [0.5, 0.6) is 0 Å². The molecule has 0 atom stereocenters. The van der Waals surface area contributed by atoms with Crippen LogP contribution in [0.2, 0.25) is 0 Å². The minimum atomic E-state index is -0.277. The van der Waals surface area contributed by atoms with E-state index in [1.165, 1.54) is 0 Å². The number of nitrogens with two attached hydrogens (primary N) is 1. The quantitative estimate of drug-likeness (QED) is 0.709. The van der Waals surface area contributed by atoms with Gasteiger partial charge in [-0.05, 0) is 25.8 Å². The second kappa shape index (κ2) is 5.16. The Kier molecular flexibility index (Phi) is 4.12. The van der Waals surface area contributed by atoms with Crippen LogP contribution in [0.15, 0.2) is 12.3 Å². The predicted octanol–water partition coefficient (Wildman–Crippen LogP) is 1.57. The Morgan fingerprint density at radius 2 is 2.12 bits per heavy atom. The van der Waals surface area contributed by atoms with Gasteiger partial charge in [0.15, 0.2) is 0 Å². The molecule has 4 nitrogen and oxygen atoms in total. The molecule has 4 heteroatoms. The number of carbonyl (C=O) groups excluding carboxylic acids is 1. The lowest BCUT2D eigenvalue weighted by Gasteiger charge is -2.31. The highest BCUT2D eigenvalue weighted by molar-refractivity contribution is 5.95. The highest BCUT2D eigenvalue weighted by atomic mass is 16.1. The highest BCUT2D eigenvalue weighted by Crippen LogP contribution is 2.15. The van der Waals surface area contributed by atoms with Crippen molar-refractivity contribution in [1.82, 2.24) is 10.3 Å². The van der Waals surface area contributed by atoms with Crippen molar-refractivity contribution in [3.63, 3.8) is 0 Å². The Hall–Kier alpha value is -1.29. The summed E-state index contributed by atoms with van der Waals surface area (Å²) in [5.74, 6) is -0.0482. The zero-order valence-electron chi connectivity index (χ0n) is 10.3. The van der Waals surface area contributed by atoms with Crippen molar-refractivity contribution in [1.29, 1.82) is 0 Å². The van der Waals surface area contributed by atoms with E-state index in [4.69, 9.17) is 5.73 Å². The number of rotatable bonds is 5. The number of aromatic nitrogens is 1. The summed E-state index contributed by atoms with van der Waals surface area (Å²) >= 11 is 0. The fraction of sp³-hybridized carbons (Fsp3) is 0.583. The van der Waals surface area contributed by atoms with Gasteiger partial charge in [-0.15, -0.1) is 0 Å². The van der Waals surface area contributed by atoms with Gasteiger partial charge in [-0.3, -0.25) is 4.79 Å². The summed E-state index contributed by atoms with van der Waals surface area (Å²) in [6, 6.07) is 1.79. The Balaban J connectivity index is 2.81. The Morgan fingerprint density at radius 3 is 2.50 bits per heavy atom. The van der Waals surface area contributed by atoms with E-state index in [1.54, 1.807) is 12.3 Å². The summed E-state index contributed by atoms with van der Waals surface area (Å²) in [6.45, 7) is 6.44. The molecule has 0 aliphatic rings. The summed E-state index contributed by atoms with van der Waals surface area (Å²) in [6.07, 6.45) is 3.46. The monoisotopic (exact) mass is 223 g/mol. The number of aryl methyl sites for hydroxylation is 1. The summed E-state index contributed by atoms with van der Waals surface area (Å²) in [4.78, 5) is 15.0. The lowest BCUT2D eigenvalue weighted by Crippen LogP contribution is -2.52. The van der Waals surface area contributed by atoms with Crippen LogP contribution >= 0.6 is 0 Å². The predicted molar refractivity (Wildman–Crippen MR) is 65.4 cm³/mol. The number of H-pyrrole nitrogens is 1. The van der Waals surface area contributed by atoms with Gasteiger partial charge in [0.2, 0.25) is 0 Å². The molecule has 1 rings (SSSR count). The summed E-state index contributed by atoms with van der Waals surface area (Å²) in [5.41, 5.74) is 7.05. The lowest BCUT2D eigenvalue weighted by molar-refractivity contribution is 0.0895. The SMILES string of the molecule is CCC(CC)(CN)NC(=O)c1cc[nH]c1C. The van der Waals surface area contributed by atoms with Crippen LogP contribution in [0.25, 0.3) is 0 Å². The van der Waals surface area contributed by atoms with Crippen LogP contribution in [0.3, 0.4) is 0 Å². The fourth-order valence-corrected chi connectivity index (χ4v) is 1.77. The molecular formula is C12H21N3O. The van der Waals surface area contributed by atoms with Gasteiger partial charge in [-0.25, -0.2) is 0 Å². The van der Waals surface area contributed by atoms with Crippen LogP contribution in [0.4, 0.5) is 0 Å². The number of carbonyl (C=O) groups is 1. The third-order valence-electron chi connectivity index (χ3n) is 3.32. The van der Waals surface area contributed by atoms with E-state index in [2.05, 4.69) is 10.3 Å². The van der Waals surface area contributed by atoms with E-state index in [0.717, 1.165) is 18.5 Å². The van der Waals surface area contributed by atoms with Crippen molar-refractivity contribution in [2.45, 2.75) is 39.2 Å². The molecule has 0 aliphatic heterocycles. The first-order valence-electron chi connectivity index (χ1n) is 5.75. The number of aromatic amines is 1. The minimum Gasteiger partial charge on any atom is -0.365 e. The van der Waals surface area contributed by atoms with Gasteiger partial charge in [0.1, 0.15) is 0 Å². The molecule has 1 aromatic rings. The molecule has 90 valence electrons. The van der Waals surface area contributed by atoms with Gasteiger partial charge in [0.05, 0.1) is 11.1 Å². The Morgan fingerprint density at radius 1 is 1.50 bits per heavy atom. The topological polar surface area (TPSA) is 70.9 Å². The molecule has 1 aromatic heterocycles. The van der Waals surface area contributed by atoms with Gasteiger partial charge in [-0.1, -0.05) is 13.8 Å². The third-order valence-corrected chi connectivity index (χ3v) is 3.32. The molecule has 4 N–H and O–H groups in total. The molecule has 1 amide bonds. The van der Waals surface area contributed by atoms with Crippen LogP contribution < -0.4 is 11.1 Å². The van der Waals surface area contributed by atoms with Crippen LogP contribution in [-0.2, 0) is 0 Å². The van der Waals surface area contributed by atoms with E-state index in [1.807, 2.05) is 20.8 Å². The van der Waals surface area contributed by atoms with Gasteiger partial charge >= 0.3 is 0 Å². The zero-order chi connectivity index (χ0) is 12.2. The van der Waals surface area contributed by atoms with E-state index < -0.39 is 0 Å². The fourth-order valence-electron chi connectivity index (χ4n) is 1.77. The van der Waals surface area contributed by atoms with Gasteiger partial charge < -0.3 is 16.0 Å². The van der Waals surface area contributed by atoms with Gasteiger partial charge in [-0.2, -0.15) is 0 Å². The first-order chi connectivity index (χ1) is 7.58. The Bertz CT molecular complexity index is 345.